The van der Waals surface area contributed by atoms with Crippen molar-refractivity contribution in [3.8, 4) is 0 Å². The highest BCUT2D eigenvalue weighted by Crippen LogP contribution is 2.07. The topological polar surface area (TPSA) is 191 Å². The molecule has 6 atom stereocenters. The summed E-state index contributed by atoms with van der Waals surface area (Å²) in [6, 6.07) is 12.7. The summed E-state index contributed by atoms with van der Waals surface area (Å²) in [7, 11) is 0. The molecular formula is C26H34N4O7. The molecule has 2 aromatic carbocycles. The predicted octanol–water partition coefficient (Wildman–Crippen LogP) is -0.900. The molecule has 6 unspecified atom stereocenters. The van der Waals surface area contributed by atoms with Crippen molar-refractivity contribution < 1.29 is 34.5 Å². The number of hydrogen-bond acceptors (Lipinski definition) is 7. The Kier molecular flexibility index (Phi) is 11.2. The van der Waals surface area contributed by atoms with Crippen molar-refractivity contribution in [2.45, 2.75) is 63.1 Å². The number of carboxylic acids is 1. The van der Waals surface area contributed by atoms with Gasteiger partial charge >= 0.3 is 5.97 Å². The van der Waals surface area contributed by atoms with Gasteiger partial charge in [-0.05, 0) is 31.4 Å². The van der Waals surface area contributed by atoms with E-state index >= 15 is 0 Å². The van der Waals surface area contributed by atoms with Crippen molar-refractivity contribution in [3.63, 3.8) is 0 Å². The van der Waals surface area contributed by atoms with Crippen molar-refractivity contribution in [2.24, 2.45) is 5.73 Å². The van der Waals surface area contributed by atoms with E-state index in [0.29, 0.717) is 0 Å². The molecule has 2 aromatic rings. The molecule has 0 fully saturated rings. The fraction of sp³-hybridized carbons (Fsp3) is 0.385. The average Bonchev–Trinajstić information content (AvgIpc) is 2.85. The second-order valence-electron chi connectivity index (χ2n) is 8.84. The number of aliphatic hydroxyl groups is 2. The molecule has 8 N–H and O–H groups in total. The minimum atomic E-state index is -1.65. The molecular weight excluding hydrogens is 480 g/mol. The largest absolute Gasteiger partial charge is 0.480 e. The molecule has 200 valence electrons. The van der Waals surface area contributed by atoms with Crippen LogP contribution in [0.1, 0.15) is 25.0 Å². The van der Waals surface area contributed by atoms with E-state index in [9.17, 15) is 34.5 Å². The number of carbonyl (C=O) groups is 4. The monoisotopic (exact) mass is 514 g/mol. The number of carboxylic acid groups (broad SMARTS) is 1. The normalized spacial score (nSPS) is 15.8. The van der Waals surface area contributed by atoms with Gasteiger partial charge in [-0.25, -0.2) is 4.79 Å². The van der Waals surface area contributed by atoms with Crippen LogP contribution in [0.4, 0.5) is 0 Å². The first-order valence-corrected chi connectivity index (χ1v) is 11.8. The molecule has 3 amide bonds. The summed E-state index contributed by atoms with van der Waals surface area (Å²) in [5.74, 6) is -3.87. The molecule has 0 bridgehead atoms. The zero-order chi connectivity index (χ0) is 27.5. The fourth-order valence-electron chi connectivity index (χ4n) is 3.59. The predicted molar refractivity (Wildman–Crippen MR) is 135 cm³/mol. The molecule has 0 aliphatic carbocycles. The van der Waals surface area contributed by atoms with Gasteiger partial charge < -0.3 is 37.0 Å². The van der Waals surface area contributed by atoms with Crippen LogP contribution in [-0.2, 0) is 32.0 Å². The zero-order valence-corrected chi connectivity index (χ0v) is 20.7. The Bertz CT molecular complexity index is 1050. The molecule has 2 rings (SSSR count). The van der Waals surface area contributed by atoms with Crippen LogP contribution in [-0.4, -0.2) is 75.4 Å². The molecule has 11 heteroatoms. The van der Waals surface area contributed by atoms with E-state index in [-0.39, 0.29) is 12.8 Å². The fourth-order valence-corrected chi connectivity index (χ4v) is 3.59. The van der Waals surface area contributed by atoms with Gasteiger partial charge in [0.1, 0.15) is 12.1 Å². The van der Waals surface area contributed by atoms with Crippen molar-refractivity contribution in [2.75, 3.05) is 0 Å². The molecule has 0 heterocycles. The first-order chi connectivity index (χ1) is 17.5. The molecule has 0 aliphatic rings. The lowest BCUT2D eigenvalue weighted by atomic mass is 10.0. The zero-order valence-electron chi connectivity index (χ0n) is 20.7. The van der Waals surface area contributed by atoms with Gasteiger partial charge in [0, 0.05) is 6.42 Å². The van der Waals surface area contributed by atoms with Crippen LogP contribution in [0.5, 0.6) is 0 Å². The van der Waals surface area contributed by atoms with Gasteiger partial charge in [0.15, 0.2) is 6.04 Å². The van der Waals surface area contributed by atoms with Crippen LogP contribution < -0.4 is 21.7 Å². The number of nitrogens with two attached hydrogens (primary N) is 1. The van der Waals surface area contributed by atoms with Gasteiger partial charge in [-0.1, -0.05) is 60.7 Å². The van der Waals surface area contributed by atoms with E-state index in [0.717, 1.165) is 11.1 Å². The number of aliphatic hydroxyl groups excluding tert-OH is 2. The molecule has 0 saturated heterocycles. The number of carbonyl (C=O) groups excluding carboxylic acids is 3. The third-order valence-electron chi connectivity index (χ3n) is 5.66. The van der Waals surface area contributed by atoms with Gasteiger partial charge in [-0.3, -0.25) is 14.4 Å². The minimum absolute atomic E-state index is 0.0655. The summed E-state index contributed by atoms with van der Waals surface area (Å²) in [4.78, 5) is 50.1. The quantitative estimate of drug-likeness (QED) is 0.179. The Morgan fingerprint density at radius 1 is 0.703 bits per heavy atom. The van der Waals surface area contributed by atoms with Crippen molar-refractivity contribution in [1.29, 1.82) is 0 Å². The maximum Gasteiger partial charge on any atom is 0.328 e. The van der Waals surface area contributed by atoms with Crippen LogP contribution in [0.3, 0.4) is 0 Å². The molecule has 0 aromatic heterocycles. The molecule has 0 saturated carbocycles. The summed E-state index contributed by atoms with van der Waals surface area (Å²) in [5.41, 5.74) is 7.63. The number of hydrogen-bond donors (Lipinski definition) is 7. The molecule has 0 aliphatic heterocycles. The van der Waals surface area contributed by atoms with Crippen molar-refractivity contribution in [1.82, 2.24) is 16.0 Å². The highest BCUT2D eigenvalue weighted by molar-refractivity contribution is 5.94. The Balaban J connectivity index is 2.19. The lowest BCUT2D eigenvalue weighted by Crippen LogP contribution is -2.61. The summed E-state index contributed by atoms with van der Waals surface area (Å²) in [6.07, 6.45) is -2.54. The van der Waals surface area contributed by atoms with E-state index in [1.165, 1.54) is 13.8 Å². The number of aliphatic carboxylic acids is 1. The van der Waals surface area contributed by atoms with E-state index in [1.807, 2.05) is 30.3 Å². The first-order valence-electron chi connectivity index (χ1n) is 11.8. The Hall–Kier alpha value is -3.80. The van der Waals surface area contributed by atoms with E-state index in [1.54, 1.807) is 30.3 Å². The number of benzene rings is 2. The highest BCUT2D eigenvalue weighted by Gasteiger charge is 2.34. The Morgan fingerprint density at radius 2 is 1.16 bits per heavy atom. The van der Waals surface area contributed by atoms with Crippen molar-refractivity contribution in [3.05, 3.63) is 71.8 Å². The van der Waals surface area contributed by atoms with Crippen LogP contribution in [0.25, 0.3) is 0 Å². The van der Waals surface area contributed by atoms with E-state index < -0.39 is 60.1 Å². The average molecular weight is 515 g/mol. The van der Waals surface area contributed by atoms with Crippen LogP contribution in [0, 0.1) is 0 Å². The lowest BCUT2D eigenvalue weighted by Gasteiger charge is -2.27. The molecule has 37 heavy (non-hydrogen) atoms. The smallest absolute Gasteiger partial charge is 0.328 e. The molecule has 0 radical (unpaired) electrons. The maximum atomic E-state index is 13.2. The number of rotatable bonds is 13. The Morgan fingerprint density at radius 3 is 1.62 bits per heavy atom. The summed E-state index contributed by atoms with van der Waals surface area (Å²) in [5, 5.41) is 36.1. The van der Waals surface area contributed by atoms with Gasteiger partial charge in [-0.2, -0.15) is 0 Å². The minimum Gasteiger partial charge on any atom is -0.480 e. The van der Waals surface area contributed by atoms with Crippen molar-refractivity contribution >= 4 is 23.7 Å². The first kappa shape index (κ1) is 29.4. The summed E-state index contributed by atoms with van der Waals surface area (Å²) in [6.45, 7) is 2.42. The second-order valence-corrected chi connectivity index (χ2v) is 8.84. The third kappa shape index (κ3) is 9.30. The van der Waals surface area contributed by atoms with Gasteiger partial charge in [0.25, 0.3) is 0 Å². The number of nitrogens with one attached hydrogen (secondary N) is 3. The molecule has 11 nitrogen and oxygen atoms in total. The van der Waals surface area contributed by atoms with Crippen LogP contribution >= 0.6 is 0 Å². The summed E-state index contributed by atoms with van der Waals surface area (Å²) < 4.78 is 0. The highest BCUT2D eigenvalue weighted by atomic mass is 16.4. The van der Waals surface area contributed by atoms with Crippen LogP contribution in [0.2, 0.25) is 0 Å². The summed E-state index contributed by atoms with van der Waals surface area (Å²) >= 11 is 0. The van der Waals surface area contributed by atoms with Gasteiger partial charge in [0.2, 0.25) is 17.7 Å². The standard InChI is InChI=1S/C26H34N4O7/c1-15(31)21(25(35)30-22(16(2)32)26(36)37)29-24(34)20(14-18-11-7-4-8-12-18)28-23(33)19(27)13-17-9-5-3-6-10-17/h3-12,15-16,19-22,31-32H,13-14,27H2,1-2H3,(H,28,33)(H,29,34)(H,30,35)(H,36,37). The van der Waals surface area contributed by atoms with E-state index in [4.69, 9.17) is 5.73 Å². The molecule has 0 spiro atoms. The van der Waals surface area contributed by atoms with E-state index in [2.05, 4.69) is 16.0 Å². The van der Waals surface area contributed by atoms with Gasteiger partial charge in [0.05, 0.1) is 18.2 Å². The second kappa shape index (κ2) is 14.1. The third-order valence-corrected chi connectivity index (χ3v) is 5.66. The SMILES string of the molecule is CC(O)C(NC(=O)C(NC(=O)C(Cc1ccccc1)NC(=O)C(N)Cc1ccccc1)C(C)O)C(=O)O. The number of amides is 3. The van der Waals surface area contributed by atoms with Crippen LogP contribution in [0.15, 0.2) is 60.7 Å². The maximum absolute atomic E-state index is 13.2. The Labute approximate surface area is 215 Å². The van der Waals surface area contributed by atoms with Gasteiger partial charge in [-0.15, -0.1) is 0 Å². The lowest BCUT2D eigenvalue weighted by molar-refractivity contribution is -0.146.